The van der Waals surface area contributed by atoms with Crippen LogP contribution in [0.1, 0.15) is 35.8 Å². The van der Waals surface area contributed by atoms with Crippen LogP contribution in [0.15, 0.2) is 35.7 Å². The predicted molar refractivity (Wildman–Crippen MR) is 84.2 cm³/mol. The van der Waals surface area contributed by atoms with Crippen LogP contribution < -0.4 is 4.31 Å². The Morgan fingerprint density at radius 1 is 1.35 bits per heavy atom. The van der Waals surface area contributed by atoms with E-state index >= 15 is 0 Å². The number of hydrogen-bond donors (Lipinski definition) is 1. The summed E-state index contributed by atoms with van der Waals surface area (Å²) in [6.07, 6.45) is 3.36. The molecular weight excluding hydrogens is 318 g/mol. The number of hydrogen-bond acceptors (Lipinski definition) is 4. The summed E-state index contributed by atoms with van der Waals surface area (Å²) in [5.74, 6) is -1.05. The third-order valence-electron chi connectivity index (χ3n) is 3.94. The van der Waals surface area contributed by atoms with Crippen molar-refractivity contribution in [1.82, 2.24) is 9.55 Å². The van der Waals surface area contributed by atoms with E-state index in [1.54, 1.807) is 16.7 Å². The summed E-state index contributed by atoms with van der Waals surface area (Å²) in [6, 6.07) is 4.79. The van der Waals surface area contributed by atoms with Crippen molar-refractivity contribution in [3.05, 3.63) is 41.9 Å². The second kappa shape index (κ2) is 5.38. The van der Waals surface area contributed by atoms with Gasteiger partial charge in [0.05, 0.1) is 17.6 Å². The zero-order valence-corrected chi connectivity index (χ0v) is 13.6. The topological polar surface area (TPSA) is 92.5 Å². The molecule has 3 rings (SSSR count). The van der Waals surface area contributed by atoms with Crippen LogP contribution in [0.2, 0.25) is 0 Å². The van der Waals surface area contributed by atoms with E-state index in [0.717, 1.165) is 0 Å². The van der Waals surface area contributed by atoms with Gasteiger partial charge >= 0.3 is 5.97 Å². The molecule has 7 nitrogen and oxygen atoms in total. The Balaban J connectivity index is 2.04. The maximum Gasteiger partial charge on any atom is 0.336 e. The third-order valence-corrected chi connectivity index (χ3v) is 5.64. The van der Waals surface area contributed by atoms with Gasteiger partial charge in [-0.3, -0.25) is 4.31 Å². The molecule has 0 aliphatic carbocycles. The van der Waals surface area contributed by atoms with Crippen molar-refractivity contribution in [3.63, 3.8) is 0 Å². The zero-order chi connectivity index (χ0) is 16.8. The largest absolute Gasteiger partial charge is 0.478 e. The third kappa shape index (κ3) is 2.48. The zero-order valence-electron chi connectivity index (χ0n) is 12.8. The van der Waals surface area contributed by atoms with Gasteiger partial charge in [-0.1, -0.05) is 6.07 Å². The minimum Gasteiger partial charge on any atom is -0.478 e. The van der Waals surface area contributed by atoms with Crippen LogP contribution in [0.5, 0.6) is 0 Å². The molecule has 1 aromatic heterocycles. The van der Waals surface area contributed by atoms with Crippen LogP contribution in [0.25, 0.3) is 0 Å². The number of aromatic nitrogens is 2. The molecule has 0 saturated heterocycles. The minimum absolute atomic E-state index is 0.0280. The van der Waals surface area contributed by atoms with Crippen LogP contribution in [-0.4, -0.2) is 35.6 Å². The molecule has 2 heterocycles. The molecule has 23 heavy (non-hydrogen) atoms. The van der Waals surface area contributed by atoms with Crippen LogP contribution in [0, 0.1) is 0 Å². The first-order chi connectivity index (χ1) is 10.8. The molecule has 0 unspecified atom stereocenters. The van der Waals surface area contributed by atoms with Crippen LogP contribution in [0.3, 0.4) is 0 Å². The average Bonchev–Trinajstić information content (AvgIpc) is 3.14. The fourth-order valence-electron chi connectivity index (χ4n) is 2.70. The van der Waals surface area contributed by atoms with Crippen LogP contribution in [0.4, 0.5) is 5.69 Å². The van der Waals surface area contributed by atoms with Gasteiger partial charge in [-0.05, 0) is 38.0 Å². The second-order valence-electron chi connectivity index (χ2n) is 5.69. The maximum absolute atomic E-state index is 12.8. The number of nitrogens with zero attached hydrogens (tertiary/aromatic N) is 3. The standard InChI is InChI=1S/C15H17N3O4S/c1-10(2)17-8-14(16-9-17)23(21,22)18-7-6-11-12(15(19)20)4-3-5-13(11)18/h3-5,8-10H,6-7H2,1-2H3,(H,19,20). The molecule has 1 aliphatic rings. The fraction of sp³-hybridized carbons (Fsp3) is 0.333. The lowest BCUT2D eigenvalue weighted by atomic mass is 10.1. The monoisotopic (exact) mass is 335 g/mol. The molecule has 0 spiro atoms. The van der Waals surface area contributed by atoms with E-state index in [4.69, 9.17) is 0 Å². The van der Waals surface area contributed by atoms with Gasteiger partial charge in [0, 0.05) is 18.8 Å². The molecule has 8 heteroatoms. The number of sulfonamides is 1. The lowest BCUT2D eigenvalue weighted by Crippen LogP contribution is -2.29. The Bertz CT molecular complexity index is 871. The number of carboxylic acids is 1. The fourth-order valence-corrected chi connectivity index (χ4v) is 4.12. The summed E-state index contributed by atoms with van der Waals surface area (Å²) < 4.78 is 28.6. The molecule has 122 valence electrons. The van der Waals surface area contributed by atoms with Crippen molar-refractivity contribution in [2.45, 2.75) is 31.3 Å². The van der Waals surface area contributed by atoms with E-state index in [0.29, 0.717) is 17.7 Å². The van der Waals surface area contributed by atoms with Gasteiger partial charge in [0.15, 0.2) is 5.03 Å². The van der Waals surface area contributed by atoms with Crippen molar-refractivity contribution in [1.29, 1.82) is 0 Å². The highest BCUT2D eigenvalue weighted by molar-refractivity contribution is 7.92. The smallest absolute Gasteiger partial charge is 0.336 e. The van der Waals surface area contributed by atoms with Crippen molar-refractivity contribution >= 4 is 21.7 Å². The average molecular weight is 335 g/mol. The molecule has 1 aromatic carbocycles. The Kier molecular flexibility index (Phi) is 3.63. The van der Waals surface area contributed by atoms with Gasteiger partial charge in [-0.25, -0.2) is 9.78 Å². The number of imidazole rings is 1. The number of aromatic carboxylic acids is 1. The lowest BCUT2D eigenvalue weighted by Gasteiger charge is -2.18. The molecule has 0 radical (unpaired) electrons. The van der Waals surface area contributed by atoms with Gasteiger partial charge < -0.3 is 9.67 Å². The number of rotatable bonds is 4. The number of carbonyl (C=O) groups is 1. The van der Waals surface area contributed by atoms with Crippen LogP contribution >= 0.6 is 0 Å². The molecule has 1 N–H and O–H groups in total. The Labute approximate surface area is 134 Å². The number of carboxylic acid groups (broad SMARTS) is 1. The summed E-state index contributed by atoms with van der Waals surface area (Å²) in [5, 5.41) is 9.21. The van der Waals surface area contributed by atoms with Gasteiger partial charge in [0.25, 0.3) is 10.0 Å². The first kappa shape index (κ1) is 15.5. The molecule has 2 aromatic rings. The van der Waals surface area contributed by atoms with Crippen molar-refractivity contribution < 1.29 is 18.3 Å². The van der Waals surface area contributed by atoms with Gasteiger partial charge in [0.2, 0.25) is 0 Å². The molecule has 0 bridgehead atoms. The summed E-state index contributed by atoms with van der Waals surface area (Å²) in [7, 11) is -3.80. The second-order valence-corrected chi connectivity index (χ2v) is 7.50. The minimum atomic E-state index is -3.80. The SMILES string of the molecule is CC(C)n1cnc(S(=O)(=O)N2CCc3c(C(=O)O)cccc32)c1. The highest BCUT2D eigenvalue weighted by Gasteiger charge is 2.34. The van der Waals surface area contributed by atoms with Crippen LogP contribution in [-0.2, 0) is 16.4 Å². The predicted octanol–water partition coefficient (Wildman–Crippen LogP) is 1.91. The molecular formula is C15H17N3O4S. The Morgan fingerprint density at radius 2 is 2.09 bits per heavy atom. The molecule has 1 aliphatic heterocycles. The van der Waals surface area contributed by atoms with Gasteiger partial charge in [-0.2, -0.15) is 8.42 Å². The van der Waals surface area contributed by atoms with E-state index in [1.807, 2.05) is 13.8 Å². The van der Waals surface area contributed by atoms with Crippen molar-refractivity contribution in [2.24, 2.45) is 0 Å². The number of fused-ring (bicyclic) bond motifs is 1. The van der Waals surface area contributed by atoms with Crippen molar-refractivity contribution in [3.8, 4) is 0 Å². The Morgan fingerprint density at radius 3 is 2.70 bits per heavy atom. The molecule has 0 amide bonds. The highest BCUT2D eigenvalue weighted by atomic mass is 32.2. The first-order valence-electron chi connectivity index (χ1n) is 7.23. The maximum atomic E-state index is 12.8. The van der Waals surface area contributed by atoms with E-state index < -0.39 is 16.0 Å². The van der Waals surface area contributed by atoms with E-state index in [2.05, 4.69) is 4.98 Å². The quantitative estimate of drug-likeness (QED) is 0.921. The molecule has 0 fully saturated rings. The number of anilines is 1. The molecule has 0 atom stereocenters. The first-order valence-corrected chi connectivity index (χ1v) is 8.68. The summed E-state index contributed by atoms with van der Waals surface area (Å²) in [6.45, 7) is 4.08. The molecule has 0 saturated carbocycles. The highest BCUT2D eigenvalue weighted by Crippen LogP contribution is 2.34. The van der Waals surface area contributed by atoms with Gasteiger partial charge in [0.1, 0.15) is 0 Å². The van der Waals surface area contributed by atoms with E-state index in [9.17, 15) is 18.3 Å². The summed E-state index contributed by atoms with van der Waals surface area (Å²) in [5.41, 5.74) is 1.11. The summed E-state index contributed by atoms with van der Waals surface area (Å²) in [4.78, 5) is 15.3. The van der Waals surface area contributed by atoms with Gasteiger partial charge in [-0.15, -0.1) is 0 Å². The van der Waals surface area contributed by atoms with E-state index in [1.165, 1.54) is 22.9 Å². The normalized spacial score (nSPS) is 14.3. The van der Waals surface area contributed by atoms with E-state index in [-0.39, 0.29) is 23.2 Å². The van der Waals surface area contributed by atoms with Crippen molar-refractivity contribution in [2.75, 3.05) is 10.8 Å². The Hall–Kier alpha value is -2.35. The lowest BCUT2D eigenvalue weighted by molar-refractivity contribution is 0.0696. The number of benzene rings is 1. The summed E-state index contributed by atoms with van der Waals surface area (Å²) >= 11 is 0.